The first-order valence-electron chi connectivity index (χ1n) is 9.27. The number of alkyl halides is 3. The third-order valence-corrected chi connectivity index (χ3v) is 4.74. The van der Waals surface area contributed by atoms with Crippen LogP contribution >= 0.6 is 0 Å². The molecule has 3 rings (SSSR count). The van der Waals surface area contributed by atoms with Crippen LogP contribution in [0.4, 0.5) is 19.0 Å². The normalized spacial score (nSPS) is 15.2. The number of hydrogen-bond donors (Lipinski definition) is 0. The molecule has 2 aromatic rings. The van der Waals surface area contributed by atoms with Gasteiger partial charge >= 0.3 is 6.18 Å². The summed E-state index contributed by atoms with van der Waals surface area (Å²) in [4.78, 5) is 36.3. The van der Waals surface area contributed by atoms with Crippen molar-refractivity contribution in [2.24, 2.45) is 0 Å². The van der Waals surface area contributed by atoms with E-state index in [1.807, 2.05) is 4.90 Å². The number of carbonyl (C=O) groups excluding carboxylic acids is 2. The smallest absolute Gasteiger partial charge is 0.355 e. The molecule has 3 heterocycles. The van der Waals surface area contributed by atoms with Crippen molar-refractivity contribution in [2.45, 2.75) is 25.9 Å². The average Bonchev–Trinajstić information content (AvgIpc) is 2.93. The van der Waals surface area contributed by atoms with E-state index in [2.05, 4.69) is 9.97 Å². The fraction of sp³-hybridized carbons (Fsp3) is 0.400. The topological polar surface area (TPSA) is 66.4 Å². The maximum absolute atomic E-state index is 12.8. The Morgan fingerprint density at radius 2 is 1.90 bits per heavy atom. The summed E-state index contributed by atoms with van der Waals surface area (Å²) in [5.41, 5.74) is 1.35. The van der Waals surface area contributed by atoms with Crippen molar-refractivity contribution < 1.29 is 24.2 Å². The van der Waals surface area contributed by atoms with Gasteiger partial charge in [-0.1, -0.05) is 6.07 Å². The number of carbonyl (C=O) groups is 2. The summed E-state index contributed by atoms with van der Waals surface area (Å²) in [6.45, 7) is 3.07. The quantitative estimate of drug-likeness (QED) is 0.727. The van der Waals surface area contributed by atoms with Crippen LogP contribution in [-0.2, 0) is 4.79 Å². The van der Waals surface area contributed by atoms with Crippen LogP contribution < -0.4 is 4.90 Å². The first-order valence-corrected chi connectivity index (χ1v) is 9.27. The Bertz CT molecular complexity index is 908. The van der Waals surface area contributed by atoms with E-state index in [-0.39, 0.29) is 26.0 Å². The Labute approximate surface area is 167 Å². The lowest BCUT2D eigenvalue weighted by Crippen LogP contribution is -2.37. The van der Waals surface area contributed by atoms with Crippen molar-refractivity contribution in [2.75, 3.05) is 31.1 Å². The highest BCUT2D eigenvalue weighted by atomic mass is 19.4. The largest absolute Gasteiger partial charge is 0.397 e. The molecule has 9 heteroatoms. The summed E-state index contributed by atoms with van der Waals surface area (Å²) in [6, 6.07) is 8.47. The van der Waals surface area contributed by atoms with Gasteiger partial charge in [0.1, 0.15) is 17.9 Å². The lowest BCUT2D eigenvalue weighted by Gasteiger charge is -2.23. The van der Waals surface area contributed by atoms with Crippen LogP contribution in [-0.4, -0.2) is 58.9 Å². The van der Waals surface area contributed by atoms with E-state index in [1.54, 1.807) is 43.5 Å². The minimum atomic E-state index is -4.51. The molecule has 1 fully saturated rings. The summed E-state index contributed by atoms with van der Waals surface area (Å²) in [6.07, 6.45) is -3.83. The lowest BCUT2D eigenvalue weighted by molar-refractivity contribution is -0.161. The second-order valence-corrected chi connectivity index (χ2v) is 6.86. The van der Waals surface area contributed by atoms with E-state index in [9.17, 15) is 22.8 Å². The second-order valence-electron chi connectivity index (χ2n) is 6.86. The summed E-state index contributed by atoms with van der Waals surface area (Å²) in [5.74, 6) is -0.597. The Kier molecular flexibility index (Phi) is 6.14. The highest BCUT2D eigenvalue weighted by Crippen LogP contribution is 2.22. The highest BCUT2D eigenvalue weighted by Gasteiger charge is 2.34. The third-order valence-electron chi connectivity index (χ3n) is 4.74. The molecule has 0 aromatic carbocycles. The van der Waals surface area contributed by atoms with E-state index < -0.39 is 18.5 Å². The Hall–Kier alpha value is -2.97. The predicted molar refractivity (Wildman–Crippen MR) is 103 cm³/mol. The van der Waals surface area contributed by atoms with Gasteiger partial charge in [-0.15, -0.1) is 0 Å². The molecular weight excluding hydrogens is 385 g/mol. The van der Waals surface area contributed by atoms with Gasteiger partial charge in [0, 0.05) is 45.1 Å². The van der Waals surface area contributed by atoms with Crippen molar-refractivity contribution in [3.8, 4) is 0 Å². The van der Waals surface area contributed by atoms with Crippen LogP contribution in [0.3, 0.4) is 0 Å². The van der Waals surface area contributed by atoms with Gasteiger partial charge in [0.15, 0.2) is 0 Å². The minimum absolute atomic E-state index is 0. The highest BCUT2D eigenvalue weighted by molar-refractivity contribution is 6.08. The van der Waals surface area contributed by atoms with Gasteiger partial charge in [0.05, 0.1) is 0 Å². The zero-order valence-corrected chi connectivity index (χ0v) is 15.9. The number of pyridine rings is 2. The SMILES string of the molecule is Cc1ncccc1C(=O)c1cccc(N2CCCN(C(=O)CC(F)(F)F)CC2)n1.[HH]. The zero-order chi connectivity index (χ0) is 21.0. The van der Waals surface area contributed by atoms with Crippen LogP contribution in [0.15, 0.2) is 36.5 Å². The number of aryl methyl sites for hydroxylation is 1. The molecule has 2 aromatic heterocycles. The van der Waals surface area contributed by atoms with Crippen molar-refractivity contribution in [1.29, 1.82) is 0 Å². The number of aromatic nitrogens is 2. The molecule has 0 N–H and O–H groups in total. The number of hydrogen-bond acceptors (Lipinski definition) is 5. The van der Waals surface area contributed by atoms with Crippen molar-refractivity contribution in [3.63, 3.8) is 0 Å². The molecule has 1 saturated heterocycles. The van der Waals surface area contributed by atoms with Gasteiger partial charge in [-0.25, -0.2) is 4.98 Å². The monoisotopic (exact) mass is 408 g/mol. The fourth-order valence-corrected chi connectivity index (χ4v) is 3.27. The second kappa shape index (κ2) is 8.59. The Morgan fingerprint density at radius 3 is 2.62 bits per heavy atom. The van der Waals surface area contributed by atoms with Crippen LogP contribution in [0, 0.1) is 6.92 Å². The number of ketones is 1. The molecular formula is C20H23F3N4O2. The number of anilines is 1. The van der Waals surface area contributed by atoms with E-state index in [4.69, 9.17) is 0 Å². The van der Waals surface area contributed by atoms with Crippen LogP contribution in [0.2, 0.25) is 0 Å². The number of nitrogens with zero attached hydrogens (tertiary/aromatic N) is 4. The van der Waals surface area contributed by atoms with Gasteiger partial charge in [-0.2, -0.15) is 13.2 Å². The van der Waals surface area contributed by atoms with Gasteiger partial charge < -0.3 is 9.80 Å². The lowest BCUT2D eigenvalue weighted by atomic mass is 10.1. The molecule has 156 valence electrons. The average molecular weight is 408 g/mol. The maximum atomic E-state index is 12.8. The first-order chi connectivity index (χ1) is 13.7. The van der Waals surface area contributed by atoms with Crippen LogP contribution in [0.1, 0.15) is 36.0 Å². The van der Waals surface area contributed by atoms with E-state index >= 15 is 0 Å². The van der Waals surface area contributed by atoms with Crippen LogP contribution in [0.25, 0.3) is 0 Å². The van der Waals surface area contributed by atoms with E-state index in [0.29, 0.717) is 36.6 Å². The van der Waals surface area contributed by atoms with Crippen LogP contribution in [0.5, 0.6) is 0 Å². The maximum Gasteiger partial charge on any atom is 0.397 e. The molecule has 1 amide bonds. The van der Waals surface area contributed by atoms with E-state index in [1.165, 1.54) is 4.90 Å². The molecule has 0 atom stereocenters. The number of halogens is 3. The number of amides is 1. The summed E-state index contributed by atoms with van der Waals surface area (Å²) in [7, 11) is 0. The molecule has 29 heavy (non-hydrogen) atoms. The summed E-state index contributed by atoms with van der Waals surface area (Å²) < 4.78 is 37.5. The molecule has 0 aliphatic carbocycles. The molecule has 6 nitrogen and oxygen atoms in total. The summed E-state index contributed by atoms with van der Waals surface area (Å²) >= 11 is 0. The van der Waals surface area contributed by atoms with E-state index in [0.717, 1.165) is 0 Å². The van der Waals surface area contributed by atoms with Crippen molar-refractivity contribution in [1.82, 2.24) is 14.9 Å². The molecule has 0 unspecified atom stereocenters. The van der Waals surface area contributed by atoms with Gasteiger partial charge in [0.25, 0.3) is 0 Å². The molecule has 0 saturated carbocycles. The third kappa shape index (κ3) is 5.30. The fourth-order valence-electron chi connectivity index (χ4n) is 3.27. The van der Waals surface area contributed by atoms with Gasteiger partial charge in [-0.3, -0.25) is 14.6 Å². The van der Waals surface area contributed by atoms with Gasteiger partial charge in [-0.05, 0) is 37.6 Å². The molecule has 0 bridgehead atoms. The Balaban J connectivity index is 0.00000320. The first kappa shape index (κ1) is 20.8. The zero-order valence-electron chi connectivity index (χ0n) is 15.9. The molecule has 1 aliphatic rings. The molecule has 0 spiro atoms. The number of rotatable bonds is 4. The molecule has 0 radical (unpaired) electrons. The predicted octanol–water partition coefficient (Wildman–Crippen LogP) is 3.25. The van der Waals surface area contributed by atoms with Crippen molar-refractivity contribution in [3.05, 3.63) is 53.5 Å². The molecule has 1 aliphatic heterocycles. The minimum Gasteiger partial charge on any atom is -0.355 e. The summed E-state index contributed by atoms with van der Waals surface area (Å²) in [5, 5.41) is 0. The Morgan fingerprint density at radius 1 is 1.10 bits per heavy atom. The standard InChI is InChI=1S/C20H21F3N4O2.H2/c1-14-15(5-3-8-24-14)19(29)16-6-2-7-17(25-16)26-9-4-10-27(12-11-26)18(28)13-20(21,22)23;/h2-3,5-8H,4,9-13H2,1H3;1H. The van der Waals surface area contributed by atoms with Gasteiger partial charge in [0.2, 0.25) is 11.7 Å². The van der Waals surface area contributed by atoms with Crippen molar-refractivity contribution >= 4 is 17.5 Å².